The third-order valence-corrected chi connectivity index (χ3v) is 2.17. The molecule has 2 nitrogen and oxygen atoms in total. The van der Waals surface area contributed by atoms with Crippen LogP contribution >= 0.6 is 0 Å². The molecule has 0 unspecified atom stereocenters. The fourth-order valence-electron chi connectivity index (χ4n) is 1.26. The molecule has 0 amide bonds. The van der Waals surface area contributed by atoms with Crippen LogP contribution in [0.4, 0.5) is 0 Å². The van der Waals surface area contributed by atoms with E-state index in [4.69, 9.17) is 0 Å². The largest absolute Gasteiger partial charge is 0.308 e. The van der Waals surface area contributed by atoms with Gasteiger partial charge in [-0.1, -0.05) is 13.8 Å². The van der Waals surface area contributed by atoms with E-state index in [1.807, 2.05) is 0 Å². The molecular formula is C9H22N2. The third-order valence-electron chi connectivity index (χ3n) is 2.17. The first-order valence-corrected chi connectivity index (χ1v) is 4.46. The Kier molecular flexibility index (Phi) is 5.51. The normalized spacial score (nSPS) is 14.5. The molecule has 0 aliphatic rings. The Morgan fingerprint density at radius 3 is 1.91 bits per heavy atom. The molecule has 0 aliphatic carbocycles. The number of hydrogen-bond donors (Lipinski definition) is 0. The molecular weight excluding hydrogens is 136 g/mol. The lowest BCUT2D eigenvalue weighted by atomic mass is 10.2. The molecule has 0 aromatic carbocycles. The van der Waals surface area contributed by atoms with Gasteiger partial charge in [0.25, 0.3) is 0 Å². The van der Waals surface area contributed by atoms with Gasteiger partial charge >= 0.3 is 0 Å². The highest BCUT2D eigenvalue weighted by Gasteiger charge is 2.10. The first-order chi connectivity index (χ1) is 5.11. The number of rotatable bonds is 5. The van der Waals surface area contributed by atoms with Gasteiger partial charge in [-0.15, -0.1) is 0 Å². The van der Waals surface area contributed by atoms with Crippen molar-refractivity contribution >= 4 is 0 Å². The van der Waals surface area contributed by atoms with Gasteiger partial charge in [0.2, 0.25) is 0 Å². The number of hydrogen-bond acceptors (Lipinski definition) is 2. The van der Waals surface area contributed by atoms with Gasteiger partial charge in [0.1, 0.15) is 0 Å². The van der Waals surface area contributed by atoms with E-state index in [1.165, 1.54) is 13.0 Å². The Balaban J connectivity index is 3.74. The summed E-state index contributed by atoms with van der Waals surface area (Å²) in [4.78, 5) is 4.65. The summed E-state index contributed by atoms with van der Waals surface area (Å²) in [6.07, 6.45) is 1.24. The molecule has 0 fully saturated rings. The highest BCUT2D eigenvalue weighted by Crippen LogP contribution is 2.01. The predicted molar refractivity (Wildman–Crippen MR) is 50.9 cm³/mol. The standard InChI is InChI=1S/C9H22N2/c1-6-9(8-10(3)4)11(5)7-2/h9H,6-8H2,1-5H3/t9-/m1/s1. The lowest BCUT2D eigenvalue weighted by Gasteiger charge is -2.28. The van der Waals surface area contributed by atoms with E-state index in [9.17, 15) is 0 Å². The maximum absolute atomic E-state index is 2.40. The summed E-state index contributed by atoms with van der Waals surface area (Å²) < 4.78 is 0. The van der Waals surface area contributed by atoms with Crippen molar-refractivity contribution in [1.29, 1.82) is 0 Å². The second-order valence-electron chi connectivity index (χ2n) is 3.40. The smallest absolute Gasteiger partial charge is 0.0217 e. The molecule has 68 valence electrons. The highest BCUT2D eigenvalue weighted by atomic mass is 15.2. The fraction of sp³-hybridized carbons (Fsp3) is 1.00. The summed E-state index contributed by atoms with van der Waals surface area (Å²) in [5.41, 5.74) is 0. The van der Waals surface area contributed by atoms with Gasteiger partial charge in [-0.05, 0) is 34.1 Å². The minimum atomic E-state index is 0.718. The van der Waals surface area contributed by atoms with Gasteiger partial charge in [0, 0.05) is 12.6 Å². The summed E-state index contributed by atoms with van der Waals surface area (Å²) in [6, 6.07) is 0.718. The average molecular weight is 158 g/mol. The van der Waals surface area contributed by atoms with Crippen molar-refractivity contribution in [3.8, 4) is 0 Å². The van der Waals surface area contributed by atoms with Crippen molar-refractivity contribution in [3.63, 3.8) is 0 Å². The van der Waals surface area contributed by atoms with E-state index >= 15 is 0 Å². The quantitative estimate of drug-likeness (QED) is 0.594. The van der Waals surface area contributed by atoms with Crippen molar-refractivity contribution in [2.24, 2.45) is 0 Å². The molecule has 0 N–H and O–H groups in total. The third kappa shape index (κ3) is 4.38. The molecule has 1 atom stereocenters. The monoisotopic (exact) mass is 158 g/mol. The average Bonchev–Trinajstić information content (AvgIpc) is 1.98. The van der Waals surface area contributed by atoms with Crippen molar-refractivity contribution < 1.29 is 0 Å². The zero-order valence-corrected chi connectivity index (χ0v) is 8.59. The van der Waals surface area contributed by atoms with Gasteiger partial charge < -0.3 is 9.80 Å². The van der Waals surface area contributed by atoms with Crippen LogP contribution < -0.4 is 0 Å². The minimum absolute atomic E-state index is 0.718. The second-order valence-corrected chi connectivity index (χ2v) is 3.40. The molecule has 0 radical (unpaired) electrons. The summed E-state index contributed by atoms with van der Waals surface area (Å²) in [5, 5.41) is 0. The molecule has 0 saturated carbocycles. The van der Waals surface area contributed by atoms with Gasteiger partial charge in [0.15, 0.2) is 0 Å². The van der Waals surface area contributed by atoms with E-state index in [-0.39, 0.29) is 0 Å². The first-order valence-electron chi connectivity index (χ1n) is 4.46. The summed E-state index contributed by atoms with van der Waals surface area (Å²) in [5.74, 6) is 0. The predicted octanol–water partition coefficient (Wildman–Crippen LogP) is 1.28. The van der Waals surface area contributed by atoms with Gasteiger partial charge in [-0.3, -0.25) is 0 Å². The van der Waals surface area contributed by atoms with Crippen LogP contribution in [0.3, 0.4) is 0 Å². The molecule has 0 aromatic heterocycles. The van der Waals surface area contributed by atoms with Crippen LogP contribution in [0, 0.1) is 0 Å². The zero-order chi connectivity index (χ0) is 8.85. The van der Waals surface area contributed by atoms with E-state index in [1.54, 1.807) is 0 Å². The summed E-state index contributed by atoms with van der Waals surface area (Å²) in [6.45, 7) is 6.77. The molecule has 0 heterocycles. The van der Waals surface area contributed by atoms with Gasteiger partial charge in [-0.25, -0.2) is 0 Å². The molecule has 0 aliphatic heterocycles. The van der Waals surface area contributed by atoms with Crippen molar-refractivity contribution in [2.75, 3.05) is 34.2 Å². The Morgan fingerprint density at radius 1 is 1.09 bits per heavy atom. The van der Waals surface area contributed by atoms with Gasteiger partial charge in [0.05, 0.1) is 0 Å². The highest BCUT2D eigenvalue weighted by molar-refractivity contribution is 4.68. The lowest BCUT2D eigenvalue weighted by molar-refractivity contribution is 0.198. The molecule has 2 heteroatoms. The minimum Gasteiger partial charge on any atom is -0.308 e. The first kappa shape index (κ1) is 10.9. The lowest BCUT2D eigenvalue weighted by Crippen LogP contribution is -2.39. The second kappa shape index (κ2) is 5.56. The van der Waals surface area contributed by atoms with Crippen LogP contribution in [0.2, 0.25) is 0 Å². The van der Waals surface area contributed by atoms with Crippen LogP contribution in [0.15, 0.2) is 0 Å². The molecule has 0 bridgehead atoms. The Morgan fingerprint density at radius 2 is 1.64 bits per heavy atom. The molecule has 0 saturated heterocycles. The topological polar surface area (TPSA) is 6.48 Å². The van der Waals surface area contributed by atoms with Crippen LogP contribution in [0.25, 0.3) is 0 Å². The molecule has 0 spiro atoms. The Hall–Kier alpha value is -0.0800. The van der Waals surface area contributed by atoms with Gasteiger partial charge in [-0.2, -0.15) is 0 Å². The van der Waals surface area contributed by atoms with E-state index in [0.717, 1.165) is 12.6 Å². The van der Waals surface area contributed by atoms with Crippen LogP contribution in [0.5, 0.6) is 0 Å². The zero-order valence-electron chi connectivity index (χ0n) is 8.59. The van der Waals surface area contributed by atoms with Crippen LogP contribution in [0.1, 0.15) is 20.3 Å². The Labute approximate surface area is 71.2 Å². The van der Waals surface area contributed by atoms with E-state index in [2.05, 4.69) is 44.8 Å². The number of likely N-dealkylation sites (N-methyl/N-ethyl adjacent to an activating group) is 2. The van der Waals surface area contributed by atoms with Crippen LogP contribution in [-0.2, 0) is 0 Å². The molecule has 11 heavy (non-hydrogen) atoms. The SMILES string of the molecule is CC[C@H](CN(C)C)N(C)CC. The maximum atomic E-state index is 2.40. The summed E-state index contributed by atoms with van der Waals surface area (Å²) in [7, 11) is 6.45. The summed E-state index contributed by atoms with van der Waals surface area (Å²) >= 11 is 0. The van der Waals surface area contributed by atoms with E-state index < -0.39 is 0 Å². The van der Waals surface area contributed by atoms with Crippen molar-refractivity contribution in [1.82, 2.24) is 9.80 Å². The van der Waals surface area contributed by atoms with Crippen molar-refractivity contribution in [2.45, 2.75) is 26.3 Å². The van der Waals surface area contributed by atoms with Crippen molar-refractivity contribution in [3.05, 3.63) is 0 Å². The molecule has 0 aromatic rings. The Bertz CT molecular complexity index is 91.6. The fourth-order valence-corrected chi connectivity index (χ4v) is 1.26. The number of nitrogens with zero attached hydrogens (tertiary/aromatic N) is 2. The van der Waals surface area contributed by atoms with Crippen LogP contribution in [-0.4, -0.2) is 50.1 Å². The maximum Gasteiger partial charge on any atom is 0.0217 e. The molecule has 0 rings (SSSR count). The van der Waals surface area contributed by atoms with E-state index in [0.29, 0.717) is 0 Å².